The van der Waals surface area contributed by atoms with Gasteiger partial charge in [-0.3, -0.25) is 10.3 Å². The van der Waals surface area contributed by atoms with Crippen LogP contribution in [0, 0.1) is 0 Å². The number of hydrogen-bond acceptors (Lipinski definition) is 3. The predicted octanol–water partition coefficient (Wildman–Crippen LogP) is 2.73. The molecule has 2 rings (SSSR count). The molecule has 0 saturated carbocycles. The zero-order valence-corrected chi connectivity index (χ0v) is 11.7. The molecule has 0 saturated heterocycles. The minimum atomic E-state index is -2.04. The summed E-state index contributed by atoms with van der Waals surface area (Å²) in [5.41, 5.74) is 3.12. The lowest BCUT2D eigenvalue weighted by Crippen LogP contribution is -2.19. The highest BCUT2D eigenvalue weighted by Crippen LogP contribution is 2.14. The van der Waals surface area contributed by atoms with E-state index in [4.69, 9.17) is 4.55 Å². The van der Waals surface area contributed by atoms with Gasteiger partial charge in [0, 0.05) is 6.54 Å². The normalized spacial score (nSPS) is 14.2. The van der Waals surface area contributed by atoms with E-state index < -0.39 is 11.1 Å². The van der Waals surface area contributed by atoms with Gasteiger partial charge in [-0.05, 0) is 11.1 Å². The Morgan fingerprint density at radius 2 is 1.70 bits per heavy atom. The second-order valence-corrected chi connectivity index (χ2v) is 4.97. The SMILES string of the molecule is O=S(O)C=NC(NCc1ccccc1)c1ccccc1. The maximum atomic E-state index is 10.7. The van der Waals surface area contributed by atoms with Crippen molar-refractivity contribution in [2.24, 2.45) is 4.99 Å². The molecule has 2 aromatic rings. The lowest BCUT2D eigenvalue weighted by Gasteiger charge is -2.14. The van der Waals surface area contributed by atoms with Crippen molar-refractivity contribution < 1.29 is 8.76 Å². The average molecular weight is 288 g/mol. The van der Waals surface area contributed by atoms with Gasteiger partial charge >= 0.3 is 0 Å². The van der Waals surface area contributed by atoms with Crippen molar-refractivity contribution in [3.05, 3.63) is 71.8 Å². The Bertz CT molecular complexity index is 573. The molecule has 0 spiro atoms. The third-order valence-corrected chi connectivity index (χ3v) is 3.06. The molecule has 0 amide bonds. The summed E-state index contributed by atoms with van der Waals surface area (Å²) in [5.74, 6) is 0. The summed E-state index contributed by atoms with van der Waals surface area (Å²) in [4.78, 5) is 4.12. The first-order chi connectivity index (χ1) is 9.75. The third-order valence-electron chi connectivity index (χ3n) is 2.76. The van der Waals surface area contributed by atoms with E-state index in [2.05, 4.69) is 10.3 Å². The van der Waals surface area contributed by atoms with Crippen LogP contribution in [-0.2, 0) is 17.6 Å². The molecule has 0 heterocycles. The van der Waals surface area contributed by atoms with Gasteiger partial charge in [0.2, 0.25) is 0 Å². The molecule has 0 aliphatic carbocycles. The molecule has 2 unspecified atom stereocenters. The van der Waals surface area contributed by atoms with Crippen LogP contribution in [0.2, 0.25) is 0 Å². The van der Waals surface area contributed by atoms with Crippen molar-refractivity contribution >= 4 is 16.6 Å². The highest BCUT2D eigenvalue weighted by Gasteiger charge is 2.08. The maximum Gasteiger partial charge on any atom is 0.197 e. The first kappa shape index (κ1) is 14.6. The van der Waals surface area contributed by atoms with Gasteiger partial charge in [-0.15, -0.1) is 0 Å². The van der Waals surface area contributed by atoms with Crippen LogP contribution >= 0.6 is 0 Å². The number of nitrogens with zero attached hydrogens (tertiary/aromatic N) is 1. The molecular weight excluding hydrogens is 272 g/mol. The van der Waals surface area contributed by atoms with E-state index in [1.807, 2.05) is 60.7 Å². The third kappa shape index (κ3) is 4.70. The quantitative estimate of drug-likeness (QED) is 0.488. The van der Waals surface area contributed by atoms with Crippen LogP contribution in [0.4, 0.5) is 0 Å². The molecule has 2 N–H and O–H groups in total. The number of aliphatic imine (C=N–C) groups is 1. The van der Waals surface area contributed by atoms with Crippen LogP contribution in [0.25, 0.3) is 0 Å². The molecule has 4 nitrogen and oxygen atoms in total. The number of rotatable bonds is 6. The zero-order chi connectivity index (χ0) is 14.2. The fourth-order valence-corrected chi connectivity index (χ4v) is 2.04. The Labute approximate surface area is 120 Å². The molecule has 0 aliphatic heterocycles. The largest absolute Gasteiger partial charge is 0.302 e. The number of benzene rings is 2. The molecule has 2 aromatic carbocycles. The van der Waals surface area contributed by atoms with Gasteiger partial charge in [-0.2, -0.15) is 0 Å². The number of hydrogen-bond donors (Lipinski definition) is 2. The minimum absolute atomic E-state index is 0.340. The Hall–Kier alpha value is -1.82. The van der Waals surface area contributed by atoms with Gasteiger partial charge in [-0.25, -0.2) is 4.21 Å². The van der Waals surface area contributed by atoms with Gasteiger partial charge in [0.15, 0.2) is 11.1 Å². The topological polar surface area (TPSA) is 61.7 Å². The van der Waals surface area contributed by atoms with Crippen molar-refractivity contribution in [3.63, 3.8) is 0 Å². The van der Waals surface area contributed by atoms with Crippen LogP contribution in [0.15, 0.2) is 65.7 Å². The van der Waals surface area contributed by atoms with E-state index in [1.165, 1.54) is 0 Å². The predicted molar refractivity (Wildman–Crippen MR) is 81.7 cm³/mol. The van der Waals surface area contributed by atoms with Crippen molar-refractivity contribution in [1.29, 1.82) is 0 Å². The zero-order valence-electron chi connectivity index (χ0n) is 10.8. The average Bonchev–Trinajstić information content (AvgIpc) is 2.49. The lowest BCUT2D eigenvalue weighted by molar-refractivity contribution is 0.554. The smallest absolute Gasteiger partial charge is 0.197 e. The fourth-order valence-electron chi connectivity index (χ4n) is 1.82. The van der Waals surface area contributed by atoms with E-state index in [-0.39, 0.29) is 6.17 Å². The molecular formula is C15H16N2O2S. The Balaban J connectivity index is 2.09. The summed E-state index contributed by atoms with van der Waals surface area (Å²) in [6.45, 7) is 0.635. The van der Waals surface area contributed by atoms with Gasteiger partial charge < -0.3 is 4.55 Å². The molecule has 0 radical (unpaired) electrons. The van der Waals surface area contributed by atoms with E-state index in [9.17, 15) is 4.21 Å². The maximum absolute atomic E-state index is 10.7. The molecule has 0 aliphatic rings. The molecule has 0 fully saturated rings. The van der Waals surface area contributed by atoms with Crippen molar-refractivity contribution in [2.75, 3.05) is 0 Å². The summed E-state index contributed by atoms with van der Waals surface area (Å²) in [5, 5.41) is 3.26. The van der Waals surface area contributed by atoms with Crippen molar-refractivity contribution in [1.82, 2.24) is 5.32 Å². The second-order valence-electron chi connectivity index (χ2n) is 4.21. The first-order valence-electron chi connectivity index (χ1n) is 6.21. The Kier molecular flexibility index (Phi) is 5.61. The molecule has 2 atom stereocenters. The highest BCUT2D eigenvalue weighted by molar-refractivity contribution is 7.93. The van der Waals surface area contributed by atoms with Gasteiger partial charge in [0.1, 0.15) is 11.7 Å². The van der Waals surface area contributed by atoms with Gasteiger partial charge in [-0.1, -0.05) is 60.7 Å². The molecule has 20 heavy (non-hydrogen) atoms. The summed E-state index contributed by atoms with van der Waals surface area (Å²) in [6.07, 6.45) is -0.340. The Morgan fingerprint density at radius 1 is 1.10 bits per heavy atom. The summed E-state index contributed by atoms with van der Waals surface area (Å²) in [7, 11) is 0. The fraction of sp³-hybridized carbons (Fsp3) is 0.133. The van der Waals surface area contributed by atoms with Crippen LogP contribution in [0.3, 0.4) is 0 Å². The van der Waals surface area contributed by atoms with Crippen LogP contribution < -0.4 is 5.32 Å². The summed E-state index contributed by atoms with van der Waals surface area (Å²) in [6, 6.07) is 19.6. The monoisotopic (exact) mass is 288 g/mol. The summed E-state index contributed by atoms with van der Waals surface area (Å²) >= 11 is -2.04. The van der Waals surface area contributed by atoms with Crippen molar-refractivity contribution in [3.8, 4) is 0 Å². The molecule has 0 aromatic heterocycles. The lowest BCUT2D eigenvalue weighted by atomic mass is 10.1. The first-order valence-corrected chi connectivity index (χ1v) is 7.38. The van der Waals surface area contributed by atoms with Gasteiger partial charge in [0.05, 0.1) is 0 Å². The van der Waals surface area contributed by atoms with Crippen molar-refractivity contribution in [2.45, 2.75) is 12.7 Å². The van der Waals surface area contributed by atoms with Crippen LogP contribution in [0.5, 0.6) is 0 Å². The molecule has 0 bridgehead atoms. The number of nitrogens with one attached hydrogen (secondary N) is 1. The standard InChI is InChI=1S/C15H16N2O2S/c18-20(19)12-17-15(14-9-5-2-6-10-14)16-11-13-7-3-1-4-8-13/h1-10,12,15-16H,11H2,(H,18,19). The van der Waals surface area contributed by atoms with E-state index in [0.29, 0.717) is 6.54 Å². The van der Waals surface area contributed by atoms with E-state index in [1.54, 1.807) is 0 Å². The molecule has 104 valence electrons. The van der Waals surface area contributed by atoms with Gasteiger partial charge in [0.25, 0.3) is 0 Å². The van der Waals surface area contributed by atoms with Crippen LogP contribution in [0.1, 0.15) is 17.3 Å². The second kappa shape index (κ2) is 7.69. The van der Waals surface area contributed by atoms with Crippen LogP contribution in [-0.4, -0.2) is 14.3 Å². The van der Waals surface area contributed by atoms with E-state index >= 15 is 0 Å². The minimum Gasteiger partial charge on any atom is -0.302 e. The highest BCUT2D eigenvalue weighted by atomic mass is 32.2. The van der Waals surface area contributed by atoms with E-state index in [0.717, 1.165) is 16.7 Å². The summed E-state index contributed by atoms with van der Waals surface area (Å²) < 4.78 is 19.6. The Morgan fingerprint density at radius 3 is 2.30 bits per heavy atom. The molecule has 5 heteroatoms.